The van der Waals surface area contributed by atoms with Gasteiger partial charge in [-0.15, -0.1) is 5.10 Å². The number of hydrogen-bond acceptors (Lipinski definition) is 6. The quantitative estimate of drug-likeness (QED) is 0.223. The first kappa shape index (κ1) is 26.8. The number of nitrogens with one attached hydrogen (secondary N) is 1. The molecule has 5 rings (SSSR count). The van der Waals surface area contributed by atoms with E-state index in [4.69, 9.17) is 16.0 Å². The maximum Gasteiger partial charge on any atom is 0.253 e. The summed E-state index contributed by atoms with van der Waals surface area (Å²) in [5.41, 5.74) is 3.05. The van der Waals surface area contributed by atoms with Crippen LogP contribution in [0.1, 0.15) is 68.4 Å². The van der Waals surface area contributed by atoms with Gasteiger partial charge in [0.05, 0.1) is 18.3 Å². The lowest BCUT2D eigenvalue weighted by atomic mass is 9.98. The van der Waals surface area contributed by atoms with Crippen molar-refractivity contribution in [1.29, 1.82) is 0 Å². The Labute approximate surface area is 232 Å². The monoisotopic (exact) mass is 544 g/mol. The van der Waals surface area contributed by atoms with Crippen molar-refractivity contribution >= 4 is 22.5 Å². The molecule has 0 aliphatic carbocycles. The van der Waals surface area contributed by atoms with Gasteiger partial charge in [-0.1, -0.05) is 43.6 Å². The number of aromatic amines is 1. The zero-order valence-corrected chi connectivity index (χ0v) is 23.4. The summed E-state index contributed by atoms with van der Waals surface area (Å²) in [4.78, 5) is 19.0. The van der Waals surface area contributed by atoms with E-state index >= 15 is 0 Å². The van der Waals surface area contributed by atoms with Crippen LogP contribution < -0.4 is 5.56 Å². The second-order valence-corrected chi connectivity index (χ2v) is 10.9. The zero-order valence-electron chi connectivity index (χ0n) is 22.7. The molecule has 0 saturated heterocycles. The number of hydrogen-bond donors (Lipinski definition) is 1. The van der Waals surface area contributed by atoms with Crippen LogP contribution in [-0.4, -0.2) is 30.1 Å². The fraction of sp³-hybridized carbons (Fsp3) is 0.333. The first-order chi connectivity index (χ1) is 18.8. The molecule has 0 aliphatic heterocycles. The summed E-state index contributed by atoms with van der Waals surface area (Å²) in [6.45, 7) is 9.36. The van der Waals surface area contributed by atoms with Crippen molar-refractivity contribution in [1.82, 2.24) is 30.1 Å². The molecule has 1 N–H and O–H groups in total. The topological polar surface area (TPSA) is 92.8 Å². The first-order valence-electron chi connectivity index (χ1n) is 13.2. The van der Waals surface area contributed by atoms with E-state index < -0.39 is 6.04 Å². The third-order valence-corrected chi connectivity index (χ3v) is 7.67. The summed E-state index contributed by atoms with van der Waals surface area (Å²) >= 11 is 6.19. The molecule has 0 spiro atoms. The molecule has 2 aromatic carbocycles. The predicted octanol–water partition coefficient (Wildman–Crippen LogP) is 6.26. The van der Waals surface area contributed by atoms with Gasteiger partial charge in [0.1, 0.15) is 11.8 Å². The average molecular weight is 545 g/mol. The van der Waals surface area contributed by atoms with Crippen LogP contribution in [-0.2, 0) is 25.0 Å². The summed E-state index contributed by atoms with van der Waals surface area (Å²) in [5, 5.41) is 14.6. The number of rotatable bonds is 10. The van der Waals surface area contributed by atoms with Gasteiger partial charge in [0, 0.05) is 22.6 Å². The number of pyridine rings is 1. The lowest BCUT2D eigenvalue weighted by molar-refractivity contribution is 0.168. The number of fused-ring (bicyclic) bond motifs is 1. The molecule has 0 saturated carbocycles. The smallest absolute Gasteiger partial charge is 0.253 e. The maximum absolute atomic E-state index is 13.8. The van der Waals surface area contributed by atoms with Gasteiger partial charge >= 0.3 is 0 Å². The van der Waals surface area contributed by atoms with Crippen LogP contribution in [0.4, 0.5) is 0 Å². The van der Waals surface area contributed by atoms with Crippen LogP contribution in [0.2, 0.25) is 5.02 Å². The second kappa shape index (κ2) is 11.2. The minimum atomic E-state index is -0.565. The highest BCUT2D eigenvalue weighted by Crippen LogP contribution is 2.33. The van der Waals surface area contributed by atoms with Gasteiger partial charge < -0.3 is 9.40 Å². The largest absolute Gasteiger partial charge is 0.468 e. The van der Waals surface area contributed by atoms with Gasteiger partial charge in [-0.25, -0.2) is 4.68 Å². The molecule has 202 valence electrons. The Morgan fingerprint density at radius 1 is 1.05 bits per heavy atom. The van der Waals surface area contributed by atoms with E-state index in [1.165, 1.54) is 5.56 Å². The molecule has 8 nitrogen and oxygen atoms in total. The van der Waals surface area contributed by atoms with Crippen LogP contribution in [0.25, 0.3) is 10.9 Å². The molecule has 0 radical (unpaired) electrons. The zero-order chi connectivity index (χ0) is 27.6. The molecule has 9 heteroatoms. The van der Waals surface area contributed by atoms with Crippen LogP contribution in [0, 0.1) is 0 Å². The highest BCUT2D eigenvalue weighted by Gasteiger charge is 2.35. The van der Waals surface area contributed by atoms with E-state index in [2.05, 4.69) is 59.2 Å². The van der Waals surface area contributed by atoms with E-state index in [0.29, 0.717) is 29.5 Å². The SMILES string of the molecule is CCc1ccc2[nH]c(=O)c([C@H](c3nnnn3C(C)(C)CC)N(Cc3ccc(Cl)cc3)Cc3ccco3)cc2c1. The van der Waals surface area contributed by atoms with Crippen LogP contribution in [0.3, 0.4) is 0 Å². The van der Waals surface area contributed by atoms with E-state index in [1.54, 1.807) is 6.26 Å². The summed E-state index contributed by atoms with van der Waals surface area (Å²) in [6.07, 6.45) is 3.36. The van der Waals surface area contributed by atoms with E-state index in [1.807, 2.05) is 59.3 Å². The molecule has 3 aromatic heterocycles. The molecule has 0 fully saturated rings. The molecule has 3 heterocycles. The summed E-state index contributed by atoms with van der Waals surface area (Å²) < 4.78 is 7.61. The molecule has 0 unspecified atom stereocenters. The maximum atomic E-state index is 13.8. The number of halogens is 1. The van der Waals surface area contributed by atoms with Crippen LogP contribution in [0.5, 0.6) is 0 Å². The Bertz CT molecular complexity index is 1610. The van der Waals surface area contributed by atoms with Gasteiger partial charge in [0.15, 0.2) is 5.82 Å². The van der Waals surface area contributed by atoms with E-state index in [-0.39, 0.29) is 11.1 Å². The number of tetrazole rings is 1. The Hall–Kier alpha value is -3.75. The third-order valence-electron chi connectivity index (χ3n) is 7.42. The van der Waals surface area contributed by atoms with Gasteiger partial charge in [-0.05, 0) is 96.1 Å². The molecule has 0 aliphatic rings. The molecule has 0 bridgehead atoms. The van der Waals surface area contributed by atoms with Gasteiger partial charge in [-0.2, -0.15) is 0 Å². The van der Waals surface area contributed by atoms with E-state index in [0.717, 1.165) is 35.1 Å². The Balaban J connectivity index is 1.73. The van der Waals surface area contributed by atoms with Crippen molar-refractivity contribution in [3.05, 3.63) is 111 Å². The lowest BCUT2D eigenvalue weighted by Crippen LogP contribution is -2.38. The van der Waals surface area contributed by atoms with Crippen molar-refractivity contribution in [2.24, 2.45) is 0 Å². The fourth-order valence-corrected chi connectivity index (χ4v) is 4.93. The Kier molecular flexibility index (Phi) is 7.68. The molecule has 5 aromatic rings. The Morgan fingerprint density at radius 2 is 1.82 bits per heavy atom. The number of H-pyrrole nitrogens is 1. The number of nitrogens with zero attached hydrogens (tertiary/aromatic N) is 5. The number of aromatic nitrogens is 5. The summed E-state index contributed by atoms with van der Waals surface area (Å²) in [5.74, 6) is 1.37. The molecular formula is C30H33ClN6O2. The van der Waals surface area contributed by atoms with Crippen LogP contribution in [0.15, 0.2) is 76.1 Å². The van der Waals surface area contributed by atoms with Gasteiger partial charge in [0.2, 0.25) is 0 Å². The minimum Gasteiger partial charge on any atom is -0.468 e. The highest BCUT2D eigenvalue weighted by molar-refractivity contribution is 6.30. The minimum absolute atomic E-state index is 0.179. The Morgan fingerprint density at radius 3 is 2.51 bits per heavy atom. The molecule has 0 amide bonds. The second-order valence-electron chi connectivity index (χ2n) is 10.5. The average Bonchev–Trinajstić information content (AvgIpc) is 3.63. The molecule has 39 heavy (non-hydrogen) atoms. The van der Waals surface area contributed by atoms with Gasteiger partial charge in [-0.3, -0.25) is 9.69 Å². The summed E-state index contributed by atoms with van der Waals surface area (Å²) in [7, 11) is 0. The van der Waals surface area contributed by atoms with Crippen LogP contribution >= 0.6 is 11.6 Å². The number of aryl methyl sites for hydroxylation is 1. The van der Waals surface area contributed by atoms with Gasteiger partial charge in [0.25, 0.3) is 5.56 Å². The first-order valence-corrected chi connectivity index (χ1v) is 13.6. The van der Waals surface area contributed by atoms with Crippen molar-refractivity contribution < 1.29 is 4.42 Å². The standard InChI is InChI=1S/C30H33ClN6O2/c1-5-20-11-14-26-22(16-20)17-25(29(38)32-26)27(28-33-34-35-37(28)30(3,4)6-2)36(19-24-8-7-15-39-24)18-21-9-12-23(31)13-10-21/h7-17,27H,5-6,18-19H2,1-4H3,(H,32,38)/t27-/m1/s1. The van der Waals surface area contributed by atoms with Crippen molar-refractivity contribution in [2.75, 3.05) is 0 Å². The lowest BCUT2D eigenvalue weighted by Gasteiger charge is -2.33. The number of benzene rings is 2. The van der Waals surface area contributed by atoms with E-state index in [9.17, 15) is 4.79 Å². The van der Waals surface area contributed by atoms with Crippen molar-refractivity contribution in [3.63, 3.8) is 0 Å². The molecular weight excluding hydrogens is 512 g/mol. The summed E-state index contributed by atoms with van der Waals surface area (Å²) in [6, 6.07) is 19.1. The highest BCUT2D eigenvalue weighted by atomic mass is 35.5. The van der Waals surface area contributed by atoms with Crippen molar-refractivity contribution in [3.8, 4) is 0 Å². The normalized spacial score (nSPS) is 12.9. The molecule has 1 atom stereocenters. The number of furan rings is 1. The fourth-order valence-electron chi connectivity index (χ4n) is 4.81. The third kappa shape index (κ3) is 5.67. The van der Waals surface area contributed by atoms with Crippen molar-refractivity contribution in [2.45, 2.75) is 65.2 Å². The predicted molar refractivity (Wildman–Crippen MR) is 153 cm³/mol.